The lowest BCUT2D eigenvalue weighted by Gasteiger charge is -2.24. The van der Waals surface area contributed by atoms with E-state index < -0.39 is 23.1 Å². The zero-order valence-electron chi connectivity index (χ0n) is 16.7. The first-order valence-electron chi connectivity index (χ1n) is 9.05. The van der Waals surface area contributed by atoms with Gasteiger partial charge < -0.3 is 14.2 Å². The fourth-order valence-corrected chi connectivity index (χ4v) is 2.77. The average molecular weight is 384 g/mol. The van der Waals surface area contributed by atoms with E-state index in [-0.39, 0.29) is 30.3 Å². The van der Waals surface area contributed by atoms with Crippen LogP contribution in [0, 0.1) is 11.3 Å². The molecule has 0 N–H and O–H groups in total. The number of hydrogen-bond acceptors (Lipinski definition) is 7. The molecule has 1 atom stereocenters. The van der Waals surface area contributed by atoms with Gasteiger partial charge in [0.2, 0.25) is 5.90 Å². The Morgan fingerprint density at radius 3 is 2.18 bits per heavy atom. The van der Waals surface area contributed by atoms with Crippen molar-refractivity contribution in [2.75, 3.05) is 13.2 Å². The van der Waals surface area contributed by atoms with Crippen LogP contribution in [0.4, 0.5) is 0 Å². The van der Waals surface area contributed by atoms with Gasteiger partial charge in [0.1, 0.15) is 17.2 Å². The summed E-state index contributed by atoms with van der Waals surface area (Å²) in [4.78, 5) is 30.0. The predicted octanol–water partition coefficient (Wildman–Crippen LogP) is 3.06. The van der Waals surface area contributed by atoms with E-state index >= 15 is 0 Å². The van der Waals surface area contributed by atoms with Gasteiger partial charge in [0, 0.05) is 5.56 Å². The third kappa shape index (κ3) is 4.06. The van der Waals surface area contributed by atoms with Crippen molar-refractivity contribution in [2.45, 2.75) is 45.8 Å². The van der Waals surface area contributed by atoms with Crippen LogP contribution in [-0.4, -0.2) is 36.6 Å². The molecule has 0 fully saturated rings. The molecule has 7 nitrogen and oxygen atoms in total. The van der Waals surface area contributed by atoms with E-state index in [4.69, 9.17) is 14.2 Å². The molecule has 0 amide bonds. The minimum absolute atomic E-state index is 0.0699. The molecule has 1 aromatic carbocycles. The van der Waals surface area contributed by atoms with Gasteiger partial charge in [0.05, 0.1) is 18.8 Å². The summed E-state index contributed by atoms with van der Waals surface area (Å²) in [5.41, 5.74) is -2.50. The van der Waals surface area contributed by atoms with Gasteiger partial charge in [-0.25, -0.2) is 14.6 Å². The Bertz CT molecular complexity index is 859. The molecule has 0 radical (unpaired) electrons. The minimum atomic E-state index is -1.86. The van der Waals surface area contributed by atoms with Crippen LogP contribution in [0.1, 0.15) is 40.2 Å². The molecule has 0 spiro atoms. The summed E-state index contributed by atoms with van der Waals surface area (Å²) >= 11 is 0. The fraction of sp³-hybridized carbons (Fsp3) is 0.429. The Balaban J connectivity index is 2.86. The molecule has 7 heteroatoms. The first-order valence-corrected chi connectivity index (χ1v) is 9.05. The molecule has 1 aliphatic heterocycles. The smallest absolute Gasteiger partial charge is 0.344 e. The molecule has 148 valence electrons. The maximum atomic E-state index is 12.8. The number of nitriles is 1. The second-order valence-electron chi connectivity index (χ2n) is 7.04. The molecule has 2 rings (SSSR count). The quantitative estimate of drug-likeness (QED) is 0.724. The van der Waals surface area contributed by atoms with Gasteiger partial charge in [0.15, 0.2) is 0 Å². The van der Waals surface area contributed by atoms with E-state index in [1.807, 2.05) is 20.8 Å². The largest absolute Gasteiger partial charge is 0.462 e. The SMILES string of the molecule is CCOC(=O)C1=C(C(=O)OCC)C(C#N)(c2ccccc2)OC1=NC(C)(C)C. The Labute approximate surface area is 164 Å². The number of carbonyl (C=O) groups excluding carboxylic acids is 2. The number of esters is 2. The lowest BCUT2D eigenvalue weighted by Crippen LogP contribution is -2.32. The van der Waals surface area contributed by atoms with Crippen molar-refractivity contribution in [3.8, 4) is 6.07 Å². The summed E-state index contributed by atoms with van der Waals surface area (Å²) in [7, 11) is 0. The molecular weight excluding hydrogens is 360 g/mol. The predicted molar refractivity (Wildman–Crippen MR) is 102 cm³/mol. The van der Waals surface area contributed by atoms with E-state index in [0.29, 0.717) is 5.56 Å². The van der Waals surface area contributed by atoms with Crippen molar-refractivity contribution in [3.63, 3.8) is 0 Å². The van der Waals surface area contributed by atoms with Gasteiger partial charge in [0.25, 0.3) is 5.60 Å². The maximum Gasteiger partial charge on any atom is 0.344 e. The third-order valence-corrected chi connectivity index (χ3v) is 3.80. The molecule has 28 heavy (non-hydrogen) atoms. The topological polar surface area (TPSA) is 98.0 Å². The summed E-state index contributed by atoms with van der Waals surface area (Å²) in [5.74, 6) is -1.73. The number of nitrogens with zero attached hydrogens (tertiary/aromatic N) is 2. The van der Waals surface area contributed by atoms with E-state index in [9.17, 15) is 14.9 Å². The minimum Gasteiger partial charge on any atom is -0.462 e. The molecule has 0 bridgehead atoms. The van der Waals surface area contributed by atoms with Crippen LogP contribution in [0.2, 0.25) is 0 Å². The van der Waals surface area contributed by atoms with Gasteiger partial charge in [-0.1, -0.05) is 30.3 Å². The van der Waals surface area contributed by atoms with Gasteiger partial charge >= 0.3 is 11.9 Å². The van der Waals surface area contributed by atoms with Crippen molar-refractivity contribution in [2.24, 2.45) is 4.99 Å². The summed E-state index contributed by atoms with van der Waals surface area (Å²) in [6, 6.07) is 10.5. The molecule has 0 saturated heterocycles. The average Bonchev–Trinajstić information content (AvgIpc) is 2.96. The van der Waals surface area contributed by atoms with Crippen LogP contribution in [-0.2, 0) is 29.4 Å². The van der Waals surface area contributed by atoms with Gasteiger partial charge in [-0.2, -0.15) is 5.26 Å². The van der Waals surface area contributed by atoms with Crippen molar-refractivity contribution in [1.82, 2.24) is 0 Å². The van der Waals surface area contributed by atoms with Crippen LogP contribution in [0.3, 0.4) is 0 Å². The Hall–Kier alpha value is -3.14. The highest BCUT2D eigenvalue weighted by molar-refractivity contribution is 6.24. The molecule has 0 aliphatic carbocycles. The number of aliphatic imine (C=N–C) groups is 1. The van der Waals surface area contributed by atoms with E-state index in [2.05, 4.69) is 11.1 Å². The lowest BCUT2D eigenvalue weighted by atomic mass is 9.86. The van der Waals surface area contributed by atoms with Crippen LogP contribution >= 0.6 is 0 Å². The number of rotatable bonds is 5. The van der Waals surface area contributed by atoms with Gasteiger partial charge in [-0.3, -0.25) is 0 Å². The Morgan fingerprint density at radius 1 is 1.11 bits per heavy atom. The highest BCUT2D eigenvalue weighted by atomic mass is 16.6. The van der Waals surface area contributed by atoms with Crippen molar-refractivity contribution >= 4 is 17.8 Å². The Morgan fingerprint density at radius 2 is 1.68 bits per heavy atom. The fourth-order valence-electron chi connectivity index (χ4n) is 2.77. The molecular formula is C21H24N2O5. The Kier molecular flexibility index (Phi) is 6.24. The van der Waals surface area contributed by atoms with Crippen molar-refractivity contribution < 1.29 is 23.8 Å². The summed E-state index contributed by atoms with van der Waals surface area (Å²) < 4.78 is 16.2. The van der Waals surface area contributed by atoms with Crippen LogP contribution in [0.5, 0.6) is 0 Å². The first kappa shape index (κ1) is 21.2. The van der Waals surface area contributed by atoms with E-state index in [1.165, 1.54) is 0 Å². The highest BCUT2D eigenvalue weighted by Gasteiger charge is 2.55. The van der Waals surface area contributed by atoms with Crippen LogP contribution in [0.15, 0.2) is 46.5 Å². The second kappa shape index (κ2) is 8.26. The van der Waals surface area contributed by atoms with Crippen molar-refractivity contribution in [1.29, 1.82) is 5.26 Å². The standard InChI is InChI=1S/C21H24N2O5/c1-6-26-18(24)15-16(19(25)27-7-2)21(13-22,14-11-9-8-10-12-14)28-17(15)23-20(3,4)5/h8-12H,6-7H2,1-5H3. The second-order valence-corrected chi connectivity index (χ2v) is 7.04. The zero-order chi connectivity index (χ0) is 20.9. The van der Waals surface area contributed by atoms with E-state index in [0.717, 1.165) is 0 Å². The third-order valence-electron chi connectivity index (χ3n) is 3.80. The summed E-state index contributed by atoms with van der Waals surface area (Å²) in [6.45, 7) is 8.88. The number of ether oxygens (including phenoxy) is 3. The molecule has 0 aromatic heterocycles. The van der Waals surface area contributed by atoms with Crippen molar-refractivity contribution in [3.05, 3.63) is 47.0 Å². The molecule has 0 saturated carbocycles. The summed E-state index contributed by atoms with van der Waals surface area (Å²) in [6.07, 6.45) is 0. The van der Waals surface area contributed by atoms with Crippen LogP contribution < -0.4 is 0 Å². The normalized spacial score (nSPS) is 20.5. The van der Waals surface area contributed by atoms with Gasteiger partial charge in [-0.15, -0.1) is 0 Å². The zero-order valence-corrected chi connectivity index (χ0v) is 16.7. The number of carbonyl (C=O) groups is 2. The maximum absolute atomic E-state index is 12.8. The molecule has 1 aromatic rings. The lowest BCUT2D eigenvalue weighted by molar-refractivity contribution is -0.142. The first-order chi connectivity index (χ1) is 13.2. The number of benzene rings is 1. The molecule has 1 unspecified atom stereocenters. The summed E-state index contributed by atoms with van der Waals surface area (Å²) in [5, 5.41) is 10.1. The highest BCUT2D eigenvalue weighted by Crippen LogP contribution is 2.43. The molecule has 1 heterocycles. The number of hydrogen-bond donors (Lipinski definition) is 0. The monoisotopic (exact) mass is 384 g/mol. The molecule has 1 aliphatic rings. The van der Waals surface area contributed by atoms with Gasteiger partial charge in [-0.05, 0) is 34.6 Å². The van der Waals surface area contributed by atoms with Crippen LogP contribution in [0.25, 0.3) is 0 Å². The van der Waals surface area contributed by atoms with E-state index in [1.54, 1.807) is 44.2 Å².